The van der Waals surface area contributed by atoms with Crippen molar-refractivity contribution in [2.45, 2.75) is 32.6 Å². The minimum absolute atomic E-state index is 0.00343. The number of nitrogens with one attached hydrogen (secondary N) is 2. The molecule has 5 heteroatoms. The van der Waals surface area contributed by atoms with Crippen LogP contribution in [0.2, 0.25) is 0 Å². The highest BCUT2D eigenvalue weighted by Crippen LogP contribution is 2.24. The Labute approximate surface area is 131 Å². The fourth-order valence-electron chi connectivity index (χ4n) is 2.26. The van der Waals surface area contributed by atoms with E-state index in [4.69, 9.17) is 0 Å². The summed E-state index contributed by atoms with van der Waals surface area (Å²) in [5.41, 5.74) is 1.53. The Morgan fingerprint density at radius 2 is 2.19 bits per heavy atom. The van der Waals surface area contributed by atoms with E-state index < -0.39 is 0 Å². The number of hydrogen-bond donors (Lipinski definition) is 2. The highest BCUT2D eigenvalue weighted by atomic mass is 32.2. The fraction of sp³-hybridized carbons (Fsp3) is 0.625. The first-order valence-electron chi connectivity index (χ1n) is 7.46. The van der Waals surface area contributed by atoms with Crippen LogP contribution in [-0.4, -0.2) is 36.0 Å². The number of anilines is 1. The van der Waals surface area contributed by atoms with Crippen LogP contribution in [0, 0.1) is 5.92 Å². The number of rotatable bonds is 4. The van der Waals surface area contributed by atoms with Gasteiger partial charge in [0, 0.05) is 30.3 Å². The van der Waals surface area contributed by atoms with E-state index in [1.807, 2.05) is 30.9 Å². The molecule has 2 N–H and O–H groups in total. The van der Waals surface area contributed by atoms with Gasteiger partial charge < -0.3 is 10.6 Å². The number of thioether (sulfide) groups is 1. The molecule has 0 bridgehead atoms. The van der Waals surface area contributed by atoms with Gasteiger partial charge in [-0.25, -0.2) is 4.98 Å². The maximum absolute atomic E-state index is 12.4. The summed E-state index contributed by atoms with van der Waals surface area (Å²) in [6.45, 7) is 7.08. The summed E-state index contributed by atoms with van der Waals surface area (Å²) < 4.78 is 0. The molecule has 1 aromatic heterocycles. The summed E-state index contributed by atoms with van der Waals surface area (Å²) in [5.74, 6) is 3.73. The molecule has 1 aliphatic heterocycles. The topological polar surface area (TPSA) is 54.0 Å². The van der Waals surface area contributed by atoms with Crippen LogP contribution in [0.15, 0.2) is 12.1 Å². The Balaban J connectivity index is 2.11. The Kier molecular flexibility index (Phi) is 5.14. The van der Waals surface area contributed by atoms with Crippen LogP contribution in [0.5, 0.6) is 0 Å². The zero-order chi connectivity index (χ0) is 15.5. The van der Waals surface area contributed by atoms with Crippen molar-refractivity contribution in [3.05, 3.63) is 23.4 Å². The lowest BCUT2D eigenvalue weighted by atomic mass is 9.90. The summed E-state index contributed by atoms with van der Waals surface area (Å²) in [5, 5.41) is 6.10. The fourth-order valence-corrected chi connectivity index (χ4v) is 3.54. The van der Waals surface area contributed by atoms with E-state index >= 15 is 0 Å². The van der Waals surface area contributed by atoms with Crippen LogP contribution in [0.3, 0.4) is 0 Å². The standard InChI is InChI=1S/C16H25N3OS/c1-16(2,3)13-7-12(8-14(17-4)19-13)15(20)18-9-11-5-6-21-10-11/h7-8,11H,5-6,9-10H2,1-4H3,(H,17,19)(H,18,20). The van der Waals surface area contributed by atoms with Crippen molar-refractivity contribution in [3.63, 3.8) is 0 Å². The smallest absolute Gasteiger partial charge is 0.251 e. The summed E-state index contributed by atoms with van der Waals surface area (Å²) in [7, 11) is 1.83. The molecule has 0 aromatic carbocycles. The quantitative estimate of drug-likeness (QED) is 0.898. The Hall–Kier alpha value is -1.23. The molecule has 1 fully saturated rings. The molecule has 0 spiro atoms. The van der Waals surface area contributed by atoms with Crippen molar-refractivity contribution >= 4 is 23.5 Å². The number of carbonyl (C=O) groups is 1. The van der Waals surface area contributed by atoms with Crippen LogP contribution in [-0.2, 0) is 5.41 Å². The van der Waals surface area contributed by atoms with Crippen molar-refractivity contribution in [3.8, 4) is 0 Å². The number of aromatic nitrogens is 1. The second-order valence-electron chi connectivity index (χ2n) is 6.57. The average Bonchev–Trinajstić information content (AvgIpc) is 2.96. The van der Waals surface area contributed by atoms with Gasteiger partial charge in [0.15, 0.2) is 0 Å². The van der Waals surface area contributed by atoms with Gasteiger partial charge in [-0.05, 0) is 36.0 Å². The molecule has 21 heavy (non-hydrogen) atoms. The summed E-state index contributed by atoms with van der Waals surface area (Å²) in [4.78, 5) is 16.9. The van der Waals surface area contributed by atoms with Gasteiger partial charge in [-0.2, -0.15) is 11.8 Å². The molecule has 0 radical (unpaired) electrons. The molecule has 1 atom stereocenters. The lowest BCUT2D eigenvalue weighted by molar-refractivity contribution is 0.0948. The van der Waals surface area contributed by atoms with Gasteiger partial charge in [0.1, 0.15) is 5.82 Å². The zero-order valence-corrected chi connectivity index (χ0v) is 14.1. The van der Waals surface area contributed by atoms with Crippen molar-refractivity contribution < 1.29 is 4.79 Å². The van der Waals surface area contributed by atoms with Gasteiger partial charge in [0.2, 0.25) is 0 Å². The predicted molar refractivity (Wildman–Crippen MR) is 90.2 cm³/mol. The van der Waals surface area contributed by atoms with Crippen LogP contribution in [0.4, 0.5) is 5.82 Å². The summed E-state index contributed by atoms with van der Waals surface area (Å²) in [6, 6.07) is 3.72. The molecule has 1 unspecified atom stereocenters. The van der Waals surface area contributed by atoms with Crippen LogP contribution < -0.4 is 10.6 Å². The maximum atomic E-state index is 12.4. The van der Waals surface area contributed by atoms with Gasteiger partial charge in [0.05, 0.1) is 0 Å². The second-order valence-corrected chi connectivity index (χ2v) is 7.72. The van der Waals surface area contributed by atoms with E-state index in [9.17, 15) is 4.79 Å². The SMILES string of the molecule is CNc1cc(C(=O)NCC2CCSC2)cc(C(C)(C)C)n1. The molecule has 1 amide bonds. The summed E-state index contributed by atoms with van der Waals surface area (Å²) in [6.07, 6.45) is 1.20. The van der Waals surface area contributed by atoms with E-state index in [1.54, 1.807) is 0 Å². The molecule has 1 aromatic rings. The van der Waals surface area contributed by atoms with Crippen molar-refractivity contribution in [1.82, 2.24) is 10.3 Å². The molecule has 116 valence electrons. The van der Waals surface area contributed by atoms with E-state index in [0.29, 0.717) is 11.5 Å². The number of carbonyl (C=O) groups excluding carboxylic acids is 1. The van der Waals surface area contributed by atoms with Crippen molar-refractivity contribution in [1.29, 1.82) is 0 Å². The first-order valence-corrected chi connectivity index (χ1v) is 8.62. The monoisotopic (exact) mass is 307 g/mol. The molecule has 0 saturated carbocycles. The summed E-state index contributed by atoms with van der Waals surface area (Å²) >= 11 is 1.97. The average molecular weight is 307 g/mol. The van der Waals surface area contributed by atoms with Gasteiger partial charge in [-0.3, -0.25) is 4.79 Å². The highest BCUT2D eigenvalue weighted by molar-refractivity contribution is 7.99. The third kappa shape index (κ3) is 4.37. The molecule has 2 rings (SSSR count). The van der Waals surface area contributed by atoms with Crippen molar-refractivity contribution in [2.24, 2.45) is 5.92 Å². The van der Waals surface area contributed by atoms with Gasteiger partial charge in [-0.1, -0.05) is 20.8 Å². The molecular formula is C16H25N3OS. The van der Waals surface area contributed by atoms with E-state index in [-0.39, 0.29) is 11.3 Å². The lowest BCUT2D eigenvalue weighted by Crippen LogP contribution is -2.30. The molecule has 0 aliphatic carbocycles. The number of amides is 1. The second kappa shape index (κ2) is 6.69. The number of hydrogen-bond acceptors (Lipinski definition) is 4. The zero-order valence-electron chi connectivity index (χ0n) is 13.3. The molecule has 1 saturated heterocycles. The van der Waals surface area contributed by atoms with E-state index in [0.717, 1.165) is 23.8 Å². The predicted octanol–water partition coefficient (Wildman–Crippen LogP) is 2.90. The van der Waals surface area contributed by atoms with Crippen molar-refractivity contribution in [2.75, 3.05) is 30.4 Å². The number of nitrogens with zero attached hydrogens (tertiary/aromatic N) is 1. The largest absolute Gasteiger partial charge is 0.373 e. The van der Waals surface area contributed by atoms with Crippen LogP contribution >= 0.6 is 11.8 Å². The van der Waals surface area contributed by atoms with Crippen LogP contribution in [0.25, 0.3) is 0 Å². The molecule has 1 aliphatic rings. The first kappa shape index (κ1) is 16.1. The normalized spacial score (nSPS) is 18.6. The van der Waals surface area contributed by atoms with Gasteiger partial charge in [-0.15, -0.1) is 0 Å². The first-order chi connectivity index (χ1) is 9.90. The highest BCUT2D eigenvalue weighted by Gasteiger charge is 2.20. The minimum Gasteiger partial charge on any atom is -0.373 e. The third-order valence-corrected chi connectivity index (χ3v) is 4.92. The Bertz CT molecular complexity index is 505. The Morgan fingerprint density at radius 3 is 2.76 bits per heavy atom. The molecule has 2 heterocycles. The maximum Gasteiger partial charge on any atom is 0.251 e. The third-order valence-electron chi connectivity index (χ3n) is 3.69. The lowest BCUT2D eigenvalue weighted by Gasteiger charge is -2.20. The van der Waals surface area contributed by atoms with Crippen LogP contribution in [0.1, 0.15) is 43.2 Å². The minimum atomic E-state index is -0.0794. The van der Waals surface area contributed by atoms with E-state index in [1.165, 1.54) is 12.2 Å². The number of pyridine rings is 1. The van der Waals surface area contributed by atoms with Gasteiger partial charge >= 0.3 is 0 Å². The Morgan fingerprint density at radius 1 is 1.43 bits per heavy atom. The van der Waals surface area contributed by atoms with E-state index in [2.05, 4.69) is 36.4 Å². The van der Waals surface area contributed by atoms with Gasteiger partial charge in [0.25, 0.3) is 5.91 Å². The molecule has 4 nitrogen and oxygen atoms in total. The molecular weight excluding hydrogens is 282 g/mol.